The van der Waals surface area contributed by atoms with Crippen molar-refractivity contribution < 1.29 is 9.53 Å². The van der Waals surface area contributed by atoms with Crippen LogP contribution in [0, 0.1) is 11.3 Å². The van der Waals surface area contributed by atoms with Gasteiger partial charge in [-0.3, -0.25) is 15.3 Å². The van der Waals surface area contributed by atoms with Crippen LogP contribution in [-0.4, -0.2) is 25.8 Å². The lowest BCUT2D eigenvalue weighted by atomic mass is 9.92. The zero-order valence-corrected chi connectivity index (χ0v) is 22.2. The van der Waals surface area contributed by atoms with E-state index in [4.69, 9.17) is 21.4 Å². The summed E-state index contributed by atoms with van der Waals surface area (Å²) in [5.74, 6) is 1.23. The number of rotatable bonds is 5. The third-order valence-electron chi connectivity index (χ3n) is 5.76. The van der Waals surface area contributed by atoms with E-state index < -0.39 is 6.03 Å². The number of fused-ring (bicyclic) bond motifs is 1. The molecule has 0 saturated heterocycles. The summed E-state index contributed by atoms with van der Waals surface area (Å²) in [6.45, 7) is 6.16. The number of carbonyl (C=O) groups excluding carboxylic acids is 1. The second-order valence-electron chi connectivity index (χ2n) is 9.83. The molecule has 3 heterocycles. The Hall–Kier alpha value is -4.94. The minimum absolute atomic E-state index is 0.251. The first-order valence-electron chi connectivity index (χ1n) is 12.1. The Labute approximate surface area is 230 Å². The Morgan fingerprint density at radius 1 is 1.03 bits per heavy atom. The number of ether oxygens (including phenoxy) is 1. The molecule has 194 valence electrons. The van der Waals surface area contributed by atoms with E-state index in [0.717, 1.165) is 22.3 Å². The zero-order chi connectivity index (χ0) is 27.6. The first-order chi connectivity index (χ1) is 18.7. The van der Waals surface area contributed by atoms with Crippen LogP contribution in [0.1, 0.15) is 32.0 Å². The topological polar surface area (TPSA) is 118 Å². The van der Waals surface area contributed by atoms with Crippen LogP contribution < -0.4 is 15.4 Å². The molecule has 0 spiro atoms. The van der Waals surface area contributed by atoms with Gasteiger partial charge in [0, 0.05) is 47.1 Å². The largest absolute Gasteiger partial charge is 0.456 e. The van der Waals surface area contributed by atoms with Gasteiger partial charge in [-0.1, -0.05) is 38.4 Å². The van der Waals surface area contributed by atoms with Crippen LogP contribution in [0.4, 0.5) is 16.3 Å². The average Bonchev–Trinajstić information content (AvgIpc) is 3.32. The Bertz CT molecular complexity index is 1730. The lowest BCUT2D eigenvalue weighted by Gasteiger charge is -2.14. The van der Waals surface area contributed by atoms with Crippen molar-refractivity contribution in [2.45, 2.75) is 26.2 Å². The highest BCUT2D eigenvalue weighted by Gasteiger charge is 2.22. The van der Waals surface area contributed by atoms with Crippen LogP contribution in [0.2, 0.25) is 5.02 Å². The minimum atomic E-state index is -0.510. The van der Waals surface area contributed by atoms with Crippen LogP contribution >= 0.6 is 11.6 Å². The minimum Gasteiger partial charge on any atom is -0.456 e. The molecule has 9 nitrogen and oxygen atoms in total. The highest BCUT2D eigenvalue weighted by Crippen LogP contribution is 2.29. The Kier molecular flexibility index (Phi) is 6.88. The van der Waals surface area contributed by atoms with E-state index in [9.17, 15) is 10.1 Å². The molecule has 0 atom stereocenters. The maximum atomic E-state index is 13.1. The molecule has 0 fully saturated rings. The number of anilines is 2. The van der Waals surface area contributed by atoms with E-state index in [-0.39, 0.29) is 5.41 Å². The molecule has 5 rings (SSSR count). The third-order valence-corrected chi connectivity index (χ3v) is 5.97. The number of nitrogens with zero attached hydrogens (tertiary/aromatic N) is 5. The molecule has 0 aliphatic heterocycles. The van der Waals surface area contributed by atoms with Crippen LogP contribution in [0.15, 0.2) is 79.3 Å². The third kappa shape index (κ3) is 5.98. The van der Waals surface area contributed by atoms with Crippen molar-refractivity contribution in [3.8, 4) is 23.3 Å². The molecule has 10 heteroatoms. The summed E-state index contributed by atoms with van der Waals surface area (Å²) >= 11 is 5.99. The molecule has 0 aliphatic rings. The monoisotopic (exact) mass is 537 g/mol. The maximum Gasteiger partial charge on any atom is 0.324 e. The van der Waals surface area contributed by atoms with E-state index >= 15 is 0 Å². The fourth-order valence-corrected chi connectivity index (χ4v) is 4.05. The molecule has 2 N–H and O–H groups in total. The van der Waals surface area contributed by atoms with Gasteiger partial charge in [-0.2, -0.15) is 10.4 Å². The lowest BCUT2D eigenvalue weighted by Crippen LogP contribution is -2.21. The van der Waals surface area contributed by atoms with Crippen molar-refractivity contribution in [2.24, 2.45) is 0 Å². The number of nitriles is 1. The van der Waals surface area contributed by atoms with Gasteiger partial charge < -0.3 is 10.1 Å². The standard InChI is InChI=1S/C29H24ClN7O2/c1-29(2,3)26-14-27(37(36-26)22-6-7-25-19(11-22)5-4-8-33-25)35-28(38)34-21-9-18(15-31)10-23(13-21)39-24-12-20(30)16-32-17-24/h4-14,16-17H,1-3H3,(H2,34,35,38). The molecule has 5 aromatic rings. The smallest absolute Gasteiger partial charge is 0.324 e. The highest BCUT2D eigenvalue weighted by atomic mass is 35.5. The number of hydrogen-bond donors (Lipinski definition) is 2. The second-order valence-corrected chi connectivity index (χ2v) is 10.3. The average molecular weight is 538 g/mol. The van der Waals surface area contributed by atoms with E-state index in [0.29, 0.717) is 33.6 Å². The van der Waals surface area contributed by atoms with Gasteiger partial charge in [0.25, 0.3) is 0 Å². The Morgan fingerprint density at radius 3 is 2.64 bits per heavy atom. The van der Waals surface area contributed by atoms with Crippen molar-refractivity contribution in [1.29, 1.82) is 5.26 Å². The van der Waals surface area contributed by atoms with Crippen molar-refractivity contribution >= 4 is 40.0 Å². The van der Waals surface area contributed by atoms with E-state index in [1.54, 1.807) is 35.1 Å². The van der Waals surface area contributed by atoms with Crippen molar-refractivity contribution in [2.75, 3.05) is 10.6 Å². The van der Waals surface area contributed by atoms with Crippen molar-refractivity contribution in [3.05, 3.63) is 95.5 Å². The molecular formula is C29H24ClN7O2. The van der Waals surface area contributed by atoms with Crippen LogP contribution in [0.3, 0.4) is 0 Å². The van der Waals surface area contributed by atoms with Gasteiger partial charge in [0.05, 0.1) is 39.8 Å². The number of amides is 2. The van der Waals surface area contributed by atoms with Crippen LogP contribution in [0.25, 0.3) is 16.6 Å². The first kappa shape index (κ1) is 25.7. The number of benzene rings is 2. The fraction of sp³-hybridized carbons (Fsp3) is 0.138. The zero-order valence-electron chi connectivity index (χ0n) is 21.4. The number of aromatic nitrogens is 4. The first-order valence-corrected chi connectivity index (χ1v) is 12.4. The quantitative estimate of drug-likeness (QED) is 0.247. The molecule has 39 heavy (non-hydrogen) atoms. The number of nitrogens with one attached hydrogen (secondary N) is 2. The molecule has 2 aromatic carbocycles. The normalized spacial score (nSPS) is 11.2. The molecule has 2 amide bonds. The summed E-state index contributed by atoms with van der Waals surface area (Å²) in [5, 5.41) is 21.3. The lowest BCUT2D eigenvalue weighted by molar-refractivity contribution is 0.262. The summed E-state index contributed by atoms with van der Waals surface area (Å²) in [5.41, 5.74) is 2.87. The predicted molar refractivity (Wildman–Crippen MR) is 151 cm³/mol. The summed E-state index contributed by atoms with van der Waals surface area (Å²) in [4.78, 5) is 21.5. The van der Waals surface area contributed by atoms with E-state index in [2.05, 4.69) is 47.4 Å². The molecular weight excluding hydrogens is 514 g/mol. The molecule has 0 saturated carbocycles. The van der Waals surface area contributed by atoms with E-state index in [1.807, 2.05) is 36.4 Å². The van der Waals surface area contributed by atoms with Gasteiger partial charge in [-0.15, -0.1) is 0 Å². The molecule has 0 radical (unpaired) electrons. The van der Waals surface area contributed by atoms with Gasteiger partial charge in [0.2, 0.25) is 0 Å². The highest BCUT2D eigenvalue weighted by molar-refractivity contribution is 6.30. The van der Waals surface area contributed by atoms with Gasteiger partial charge in [0.1, 0.15) is 17.3 Å². The number of halogens is 1. The molecule has 0 bridgehead atoms. The molecule has 3 aromatic heterocycles. The Morgan fingerprint density at radius 2 is 1.87 bits per heavy atom. The maximum absolute atomic E-state index is 13.1. The predicted octanol–water partition coefficient (Wildman–Crippen LogP) is 7.07. The number of urea groups is 1. The summed E-state index contributed by atoms with van der Waals surface area (Å²) < 4.78 is 7.50. The number of hydrogen-bond acceptors (Lipinski definition) is 6. The fourth-order valence-electron chi connectivity index (χ4n) is 3.89. The van der Waals surface area contributed by atoms with Crippen molar-refractivity contribution in [1.82, 2.24) is 19.7 Å². The van der Waals surface area contributed by atoms with Gasteiger partial charge in [-0.25, -0.2) is 9.48 Å². The Balaban J connectivity index is 1.42. The van der Waals surface area contributed by atoms with E-state index in [1.165, 1.54) is 12.4 Å². The molecule has 0 unspecified atom stereocenters. The summed E-state index contributed by atoms with van der Waals surface area (Å²) in [7, 11) is 0. The van der Waals surface area contributed by atoms with Gasteiger partial charge in [-0.05, 0) is 36.4 Å². The van der Waals surface area contributed by atoms with Gasteiger partial charge >= 0.3 is 6.03 Å². The number of carbonyl (C=O) groups is 1. The van der Waals surface area contributed by atoms with Crippen molar-refractivity contribution in [3.63, 3.8) is 0 Å². The SMILES string of the molecule is CC(C)(C)c1cc(NC(=O)Nc2cc(C#N)cc(Oc3cncc(Cl)c3)c2)n(-c2ccc3ncccc3c2)n1. The van der Waals surface area contributed by atoms with Gasteiger partial charge in [0.15, 0.2) is 0 Å². The van der Waals surface area contributed by atoms with Crippen LogP contribution in [0.5, 0.6) is 11.5 Å². The second kappa shape index (κ2) is 10.4. The summed E-state index contributed by atoms with van der Waals surface area (Å²) in [6.07, 6.45) is 4.73. The molecule has 0 aliphatic carbocycles. The van der Waals surface area contributed by atoms with Crippen LogP contribution in [-0.2, 0) is 5.41 Å². The number of pyridine rings is 2. The summed E-state index contributed by atoms with van der Waals surface area (Å²) in [6, 6.07) is 19.4.